The molecule has 1 rings (SSSR count). The maximum Gasteiger partial charge on any atom is 0.234 e. The van der Waals surface area contributed by atoms with Gasteiger partial charge in [-0.15, -0.1) is 0 Å². The van der Waals surface area contributed by atoms with Gasteiger partial charge in [-0.25, -0.2) is 0 Å². The molecule has 0 spiro atoms. The third-order valence-electron chi connectivity index (χ3n) is 2.49. The van der Waals surface area contributed by atoms with E-state index in [2.05, 4.69) is 10.6 Å². The van der Waals surface area contributed by atoms with Crippen LogP contribution >= 0.6 is 0 Å². The number of carbonyl (C=O) groups excluding carboxylic acids is 1. The van der Waals surface area contributed by atoms with Gasteiger partial charge in [-0.3, -0.25) is 10.1 Å². The van der Waals surface area contributed by atoms with Gasteiger partial charge in [0.05, 0.1) is 19.2 Å². The summed E-state index contributed by atoms with van der Waals surface area (Å²) in [4.78, 5) is 11.6. The number of methoxy groups -OCH3 is 1. The molecule has 0 saturated carbocycles. The second-order valence-corrected chi connectivity index (χ2v) is 4.52. The van der Waals surface area contributed by atoms with E-state index in [0.717, 1.165) is 5.56 Å². The molecule has 0 aliphatic heterocycles. The molecule has 0 aromatic heterocycles. The van der Waals surface area contributed by atoms with Crippen LogP contribution in [0, 0.1) is 0 Å². The van der Waals surface area contributed by atoms with Gasteiger partial charge in [0.15, 0.2) is 0 Å². The Hall–Kier alpha value is -1.39. The molecule has 1 aromatic carbocycles. The number of rotatable bonds is 7. The number of nitrogens with one attached hydrogen (secondary N) is 2. The topological polar surface area (TPSA) is 50.4 Å². The normalized spacial score (nSPS) is 12.4. The van der Waals surface area contributed by atoms with E-state index in [-0.39, 0.29) is 18.0 Å². The largest absolute Gasteiger partial charge is 0.383 e. The Kier molecular flexibility index (Phi) is 6.39. The molecule has 4 nitrogen and oxygen atoms in total. The van der Waals surface area contributed by atoms with Gasteiger partial charge in [-0.2, -0.15) is 0 Å². The first-order chi connectivity index (χ1) is 8.63. The van der Waals surface area contributed by atoms with E-state index in [1.807, 2.05) is 44.2 Å². The first-order valence-electron chi connectivity index (χ1n) is 6.20. The van der Waals surface area contributed by atoms with Gasteiger partial charge in [0, 0.05) is 13.2 Å². The minimum Gasteiger partial charge on any atom is -0.383 e. The fourth-order valence-corrected chi connectivity index (χ4v) is 1.71. The van der Waals surface area contributed by atoms with Gasteiger partial charge in [-0.1, -0.05) is 30.3 Å². The van der Waals surface area contributed by atoms with Gasteiger partial charge in [-0.05, 0) is 19.4 Å². The lowest BCUT2D eigenvalue weighted by molar-refractivity contribution is -0.120. The van der Waals surface area contributed by atoms with Gasteiger partial charge < -0.3 is 10.1 Å². The molecule has 0 bridgehead atoms. The molecule has 1 aromatic rings. The van der Waals surface area contributed by atoms with Crippen molar-refractivity contribution in [2.24, 2.45) is 0 Å². The van der Waals surface area contributed by atoms with Gasteiger partial charge in [0.25, 0.3) is 0 Å². The Morgan fingerprint density at radius 2 is 1.94 bits per heavy atom. The molecule has 1 atom stereocenters. The highest BCUT2D eigenvalue weighted by molar-refractivity contribution is 5.78. The molecule has 1 unspecified atom stereocenters. The summed E-state index contributed by atoms with van der Waals surface area (Å²) in [6, 6.07) is 10.2. The molecule has 0 radical (unpaired) electrons. The minimum absolute atomic E-state index is 0.00188. The van der Waals surface area contributed by atoms with Crippen molar-refractivity contribution in [3.8, 4) is 0 Å². The quantitative estimate of drug-likeness (QED) is 0.771. The van der Waals surface area contributed by atoms with Crippen LogP contribution in [0.1, 0.15) is 25.5 Å². The predicted octanol–water partition coefficient (Wildman–Crippen LogP) is 1.49. The number of amides is 1. The summed E-state index contributed by atoms with van der Waals surface area (Å²) in [5.41, 5.74) is 1.12. The summed E-state index contributed by atoms with van der Waals surface area (Å²) in [7, 11) is 1.66. The maximum atomic E-state index is 11.6. The van der Waals surface area contributed by atoms with Crippen molar-refractivity contribution in [1.82, 2.24) is 10.6 Å². The molecule has 0 aliphatic rings. The molecule has 100 valence electrons. The van der Waals surface area contributed by atoms with Crippen LogP contribution in [-0.2, 0) is 9.53 Å². The standard InChI is InChI=1S/C14H22N2O2/c1-11(2)16-14(17)9-15-13(10-18-3)12-7-5-4-6-8-12/h4-8,11,13,15H,9-10H2,1-3H3,(H,16,17). The fraction of sp³-hybridized carbons (Fsp3) is 0.500. The number of ether oxygens (including phenoxy) is 1. The molecule has 18 heavy (non-hydrogen) atoms. The van der Waals surface area contributed by atoms with Gasteiger partial charge in [0.1, 0.15) is 0 Å². The van der Waals surface area contributed by atoms with Crippen molar-refractivity contribution in [2.45, 2.75) is 25.9 Å². The minimum atomic E-state index is 0.00188. The van der Waals surface area contributed by atoms with E-state index in [1.165, 1.54) is 0 Å². The smallest absolute Gasteiger partial charge is 0.234 e. The first-order valence-corrected chi connectivity index (χ1v) is 6.20. The van der Waals surface area contributed by atoms with E-state index < -0.39 is 0 Å². The zero-order valence-corrected chi connectivity index (χ0v) is 11.3. The van der Waals surface area contributed by atoms with E-state index in [4.69, 9.17) is 4.74 Å². The highest BCUT2D eigenvalue weighted by Gasteiger charge is 2.12. The number of hydrogen-bond donors (Lipinski definition) is 2. The summed E-state index contributed by atoms with van der Waals surface area (Å²) in [5.74, 6) is 0.00188. The molecule has 4 heteroatoms. The molecule has 0 aliphatic carbocycles. The van der Waals surface area contributed by atoms with Crippen molar-refractivity contribution in [2.75, 3.05) is 20.3 Å². The Labute approximate surface area is 109 Å². The molecular weight excluding hydrogens is 228 g/mol. The van der Waals surface area contributed by atoms with E-state index in [9.17, 15) is 4.79 Å². The summed E-state index contributed by atoms with van der Waals surface area (Å²) in [5, 5.41) is 6.05. The number of carbonyl (C=O) groups is 1. The SMILES string of the molecule is COCC(NCC(=O)NC(C)C)c1ccccc1. The highest BCUT2D eigenvalue weighted by atomic mass is 16.5. The molecule has 2 N–H and O–H groups in total. The Morgan fingerprint density at radius 1 is 1.28 bits per heavy atom. The summed E-state index contributed by atoms with van der Waals surface area (Å²) >= 11 is 0. The number of hydrogen-bond acceptors (Lipinski definition) is 3. The predicted molar refractivity (Wildman–Crippen MR) is 72.3 cm³/mol. The summed E-state index contributed by atoms with van der Waals surface area (Å²) in [6.45, 7) is 4.73. The fourth-order valence-electron chi connectivity index (χ4n) is 1.71. The lowest BCUT2D eigenvalue weighted by Crippen LogP contribution is -2.39. The molecule has 0 heterocycles. The van der Waals surface area contributed by atoms with Crippen LogP contribution in [0.4, 0.5) is 0 Å². The molecule has 0 saturated heterocycles. The summed E-state index contributed by atoms with van der Waals surface area (Å²) in [6.07, 6.45) is 0. The second-order valence-electron chi connectivity index (χ2n) is 4.52. The lowest BCUT2D eigenvalue weighted by atomic mass is 10.1. The van der Waals surface area contributed by atoms with E-state index in [0.29, 0.717) is 13.2 Å². The monoisotopic (exact) mass is 250 g/mol. The molecule has 1 amide bonds. The Balaban J connectivity index is 2.51. The van der Waals surface area contributed by atoms with Crippen LogP contribution in [-0.4, -0.2) is 32.2 Å². The van der Waals surface area contributed by atoms with Crippen LogP contribution in [0.3, 0.4) is 0 Å². The average molecular weight is 250 g/mol. The van der Waals surface area contributed by atoms with Crippen molar-refractivity contribution < 1.29 is 9.53 Å². The van der Waals surface area contributed by atoms with Crippen LogP contribution in [0.2, 0.25) is 0 Å². The van der Waals surface area contributed by atoms with Crippen LogP contribution in [0.25, 0.3) is 0 Å². The number of benzene rings is 1. The molecule has 0 fully saturated rings. The van der Waals surface area contributed by atoms with Gasteiger partial charge in [0.2, 0.25) is 5.91 Å². The Morgan fingerprint density at radius 3 is 2.50 bits per heavy atom. The maximum absolute atomic E-state index is 11.6. The highest BCUT2D eigenvalue weighted by Crippen LogP contribution is 2.12. The Bertz CT molecular complexity index is 352. The van der Waals surface area contributed by atoms with Crippen molar-refractivity contribution in [3.05, 3.63) is 35.9 Å². The molecular formula is C14H22N2O2. The van der Waals surface area contributed by atoms with Crippen LogP contribution in [0.5, 0.6) is 0 Å². The van der Waals surface area contributed by atoms with E-state index >= 15 is 0 Å². The van der Waals surface area contributed by atoms with Crippen molar-refractivity contribution >= 4 is 5.91 Å². The zero-order valence-electron chi connectivity index (χ0n) is 11.3. The first kappa shape index (κ1) is 14.7. The van der Waals surface area contributed by atoms with Crippen molar-refractivity contribution in [1.29, 1.82) is 0 Å². The van der Waals surface area contributed by atoms with Crippen molar-refractivity contribution in [3.63, 3.8) is 0 Å². The average Bonchev–Trinajstić information content (AvgIpc) is 2.34. The van der Waals surface area contributed by atoms with Crippen LogP contribution < -0.4 is 10.6 Å². The van der Waals surface area contributed by atoms with Crippen LogP contribution in [0.15, 0.2) is 30.3 Å². The van der Waals surface area contributed by atoms with Gasteiger partial charge >= 0.3 is 0 Å². The third kappa shape index (κ3) is 5.29. The second kappa shape index (κ2) is 7.84. The third-order valence-corrected chi connectivity index (χ3v) is 2.49. The van der Waals surface area contributed by atoms with E-state index in [1.54, 1.807) is 7.11 Å². The zero-order chi connectivity index (χ0) is 13.4. The lowest BCUT2D eigenvalue weighted by Gasteiger charge is -2.18. The summed E-state index contributed by atoms with van der Waals surface area (Å²) < 4.78 is 5.18.